The zero-order valence-corrected chi connectivity index (χ0v) is 11.6. The van der Waals surface area contributed by atoms with Crippen molar-refractivity contribution in [2.24, 2.45) is 0 Å². The fourth-order valence-corrected chi connectivity index (χ4v) is 1.73. The second-order valence-electron chi connectivity index (χ2n) is 4.41. The fraction of sp³-hybridized carbons (Fsp3) is 0.214. The molecule has 0 saturated heterocycles. The van der Waals surface area contributed by atoms with Crippen LogP contribution in [0.15, 0.2) is 36.7 Å². The van der Waals surface area contributed by atoms with E-state index in [1.165, 1.54) is 17.1 Å². The van der Waals surface area contributed by atoms with Crippen molar-refractivity contribution in [3.8, 4) is 5.75 Å². The van der Waals surface area contributed by atoms with E-state index >= 15 is 0 Å². The molecule has 0 bridgehead atoms. The fourth-order valence-electron chi connectivity index (χ4n) is 1.73. The molecule has 0 aliphatic heterocycles. The number of nitrogens with one attached hydrogen (secondary N) is 1. The molecule has 0 fully saturated rings. The van der Waals surface area contributed by atoms with Gasteiger partial charge >= 0.3 is 5.97 Å². The van der Waals surface area contributed by atoms with Gasteiger partial charge in [-0.25, -0.2) is 4.79 Å². The van der Waals surface area contributed by atoms with Crippen molar-refractivity contribution in [1.82, 2.24) is 9.78 Å². The first kappa shape index (κ1) is 14.6. The lowest BCUT2D eigenvalue weighted by molar-refractivity contribution is -0.119. The van der Waals surface area contributed by atoms with Gasteiger partial charge in [0.1, 0.15) is 11.8 Å². The molecule has 1 aromatic carbocycles. The van der Waals surface area contributed by atoms with Crippen LogP contribution < -0.4 is 10.1 Å². The standard InChI is InChI=1S/C14H15N3O4/c1-9(17-8-10(7-15-17)14(19)20)13(18)16-11-4-3-5-12(6-11)21-2/h3-9H,1-2H3,(H,16,18)(H,19,20). The van der Waals surface area contributed by atoms with Crippen LogP contribution >= 0.6 is 0 Å². The smallest absolute Gasteiger partial charge is 0.338 e. The first-order valence-electron chi connectivity index (χ1n) is 6.23. The minimum atomic E-state index is -1.08. The summed E-state index contributed by atoms with van der Waals surface area (Å²) >= 11 is 0. The Morgan fingerprint density at radius 2 is 2.19 bits per heavy atom. The SMILES string of the molecule is COc1cccc(NC(=O)C(C)n2cc(C(=O)O)cn2)c1. The molecule has 21 heavy (non-hydrogen) atoms. The minimum Gasteiger partial charge on any atom is -0.497 e. The Bertz CT molecular complexity index is 666. The molecule has 7 heteroatoms. The van der Waals surface area contributed by atoms with Gasteiger partial charge in [0.25, 0.3) is 0 Å². The molecule has 2 rings (SSSR count). The van der Waals surface area contributed by atoms with E-state index in [0.717, 1.165) is 0 Å². The Morgan fingerprint density at radius 1 is 1.43 bits per heavy atom. The summed E-state index contributed by atoms with van der Waals surface area (Å²) in [5.41, 5.74) is 0.632. The molecule has 0 radical (unpaired) electrons. The highest BCUT2D eigenvalue weighted by atomic mass is 16.5. The second kappa shape index (κ2) is 6.08. The van der Waals surface area contributed by atoms with Crippen LogP contribution in [-0.4, -0.2) is 33.9 Å². The van der Waals surface area contributed by atoms with Crippen LogP contribution in [0.2, 0.25) is 0 Å². The molecule has 7 nitrogen and oxygen atoms in total. The summed E-state index contributed by atoms with van der Waals surface area (Å²) in [6.45, 7) is 1.63. The van der Waals surface area contributed by atoms with E-state index in [-0.39, 0.29) is 11.5 Å². The maximum Gasteiger partial charge on any atom is 0.338 e. The van der Waals surface area contributed by atoms with Gasteiger partial charge in [-0.1, -0.05) is 6.07 Å². The summed E-state index contributed by atoms with van der Waals surface area (Å²) in [4.78, 5) is 22.9. The molecule has 1 amide bonds. The minimum absolute atomic E-state index is 0.0380. The third-order valence-corrected chi connectivity index (χ3v) is 2.96. The summed E-state index contributed by atoms with van der Waals surface area (Å²) < 4.78 is 6.38. The Hall–Kier alpha value is -2.83. The average molecular weight is 289 g/mol. The third kappa shape index (κ3) is 3.38. The van der Waals surface area contributed by atoms with Gasteiger partial charge in [-0.3, -0.25) is 9.48 Å². The maximum atomic E-state index is 12.1. The number of methoxy groups -OCH3 is 1. The largest absolute Gasteiger partial charge is 0.497 e. The Kier molecular flexibility index (Phi) is 4.22. The van der Waals surface area contributed by atoms with E-state index in [2.05, 4.69) is 10.4 Å². The number of carboxylic acid groups (broad SMARTS) is 1. The van der Waals surface area contributed by atoms with Gasteiger partial charge in [-0.15, -0.1) is 0 Å². The van der Waals surface area contributed by atoms with Crippen LogP contribution in [-0.2, 0) is 4.79 Å². The van der Waals surface area contributed by atoms with Crippen LogP contribution in [0, 0.1) is 0 Å². The summed E-state index contributed by atoms with van der Waals surface area (Å²) in [6.07, 6.45) is 2.52. The zero-order valence-electron chi connectivity index (χ0n) is 11.6. The highest BCUT2D eigenvalue weighted by Crippen LogP contribution is 2.18. The van der Waals surface area contributed by atoms with Crippen molar-refractivity contribution in [3.63, 3.8) is 0 Å². The predicted molar refractivity (Wildman–Crippen MR) is 75.5 cm³/mol. The predicted octanol–water partition coefficient (Wildman–Crippen LogP) is 1.79. The van der Waals surface area contributed by atoms with E-state index in [9.17, 15) is 9.59 Å². The van der Waals surface area contributed by atoms with Crippen LogP contribution in [0.5, 0.6) is 5.75 Å². The van der Waals surface area contributed by atoms with E-state index in [1.807, 2.05) is 0 Å². The number of aromatic nitrogens is 2. The van der Waals surface area contributed by atoms with Gasteiger partial charge in [0, 0.05) is 18.0 Å². The quantitative estimate of drug-likeness (QED) is 0.875. The van der Waals surface area contributed by atoms with Crippen molar-refractivity contribution >= 4 is 17.6 Å². The number of ether oxygens (including phenoxy) is 1. The molecule has 0 saturated carbocycles. The normalized spacial score (nSPS) is 11.7. The summed E-state index contributed by atoms with van der Waals surface area (Å²) in [6, 6.07) is 6.32. The van der Waals surface area contributed by atoms with E-state index < -0.39 is 12.0 Å². The molecular formula is C14H15N3O4. The lowest BCUT2D eigenvalue weighted by Crippen LogP contribution is -2.24. The topological polar surface area (TPSA) is 93.5 Å². The van der Waals surface area contributed by atoms with E-state index in [1.54, 1.807) is 38.3 Å². The number of benzene rings is 1. The van der Waals surface area contributed by atoms with Crippen molar-refractivity contribution in [1.29, 1.82) is 0 Å². The van der Waals surface area contributed by atoms with Crippen LogP contribution in [0.1, 0.15) is 23.3 Å². The molecule has 1 aromatic heterocycles. The Labute approximate surface area is 121 Å². The number of rotatable bonds is 5. The molecule has 110 valence electrons. The summed E-state index contributed by atoms with van der Waals surface area (Å²) in [5.74, 6) is -0.752. The number of anilines is 1. The van der Waals surface area contributed by atoms with Gasteiger partial charge in [-0.05, 0) is 19.1 Å². The molecule has 2 aromatic rings. The van der Waals surface area contributed by atoms with Gasteiger partial charge in [-0.2, -0.15) is 5.10 Å². The molecule has 1 unspecified atom stereocenters. The lowest BCUT2D eigenvalue weighted by atomic mass is 10.2. The zero-order chi connectivity index (χ0) is 15.4. The number of hydrogen-bond donors (Lipinski definition) is 2. The van der Waals surface area contributed by atoms with Gasteiger partial charge in [0.05, 0.1) is 18.9 Å². The summed E-state index contributed by atoms with van der Waals surface area (Å²) in [5, 5.41) is 15.5. The Morgan fingerprint density at radius 3 is 2.81 bits per heavy atom. The maximum absolute atomic E-state index is 12.1. The van der Waals surface area contributed by atoms with Crippen molar-refractivity contribution in [3.05, 3.63) is 42.2 Å². The monoisotopic (exact) mass is 289 g/mol. The van der Waals surface area contributed by atoms with Crippen LogP contribution in [0.3, 0.4) is 0 Å². The molecule has 1 heterocycles. The first-order chi connectivity index (χ1) is 10.0. The van der Waals surface area contributed by atoms with E-state index in [0.29, 0.717) is 11.4 Å². The number of carboxylic acids is 1. The number of amides is 1. The van der Waals surface area contributed by atoms with E-state index in [4.69, 9.17) is 9.84 Å². The molecular weight excluding hydrogens is 274 g/mol. The highest BCUT2D eigenvalue weighted by Gasteiger charge is 2.17. The molecule has 0 aliphatic carbocycles. The number of nitrogens with zero attached hydrogens (tertiary/aromatic N) is 2. The van der Waals surface area contributed by atoms with Gasteiger partial charge < -0.3 is 15.2 Å². The van der Waals surface area contributed by atoms with Crippen molar-refractivity contribution in [2.75, 3.05) is 12.4 Å². The van der Waals surface area contributed by atoms with Crippen molar-refractivity contribution < 1.29 is 19.4 Å². The van der Waals surface area contributed by atoms with Crippen molar-refractivity contribution in [2.45, 2.75) is 13.0 Å². The van der Waals surface area contributed by atoms with Crippen LogP contribution in [0.4, 0.5) is 5.69 Å². The number of hydrogen-bond acceptors (Lipinski definition) is 4. The Balaban J connectivity index is 2.09. The second-order valence-corrected chi connectivity index (χ2v) is 4.41. The number of carbonyl (C=O) groups is 2. The molecule has 2 N–H and O–H groups in total. The molecule has 1 atom stereocenters. The highest BCUT2D eigenvalue weighted by molar-refractivity contribution is 5.93. The number of carbonyl (C=O) groups excluding carboxylic acids is 1. The average Bonchev–Trinajstić information content (AvgIpc) is 2.96. The van der Waals surface area contributed by atoms with Crippen LogP contribution in [0.25, 0.3) is 0 Å². The van der Waals surface area contributed by atoms with Gasteiger partial charge in [0.15, 0.2) is 0 Å². The molecule has 0 aliphatic rings. The first-order valence-corrected chi connectivity index (χ1v) is 6.23. The summed E-state index contributed by atoms with van der Waals surface area (Å²) in [7, 11) is 1.54. The lowest BCUT2D eigenvalue weighted by Gasteiger charge is -2.13. The van der Waals surface area contributed by atoms with Gasteiger partial charge in [0.2, 0.25) is 5.91 Å². The third-order valence-electron chi connectivity index (χ3n) is 2.96. The molecule has 0 spiro atoms. The number of aromatic carboxylic acids is 1.